The second-order valence-electron chi connectivity index (χ2n) is 4.52. The number of hydrogen-bond acceptors (Lipinski definition) is 6. The highest BCUT2D eigenvalue weighted by molar-refractivity contribution is 6.02. The fourth-order valence-electron chi connectivity index (χ4n) is 2.30. The van der Waals surface area contributed by atoms with Crippen molar-refractivity contribution in [3.05, 3.63) is 12.2 Å². The molecule has 7 heteroatoms. The normalized spacial score (nSPS) is 20.0. The van der Waals surface area contributed by atoms with Crippen molar-refractivity contribution in [1.29, 1.82) is 5.26 Å². The Morgan fingerprint density at radius 3 is 2.00 bits per heavy atom. The number of carboxylic acids is 1. The van der Waals surface area contributed by atoms with E-state index in [1.165, 1.54) is 12.2 Å². The SMILES string of the molecule is CCOC(=O)C(CC#N)(C(=O)OCC)[C@H]1C=C[C@H]1C(=O)O. The lowest BCUT2D eigenvalue weighted by Crippen LogP contribution is -2.52. The molecule has 0 aromatic rings. The molecule has 1 rings (SSSR count). The third kappa shape index (κ3) is 2.89. The van der Waals surface area contributed by atoms with Gasteiger partial charge in [0.1, 0.15) is 0 Å². The Labute approximate surface area is 122 Å². The van der Waals surface area contributed by atoms with Gasteiger partial charge in [-0.2, -0.15) is 5.26 Å². The summed E-state index contributed by atoms with van der Waals surface area (Å²) < 4.78 is 9.79. The zero-order chi connectivity index (χ0) is 16.0. The van der Waals surface area contributed by atoms with Gasteiger partial charge < -0.3 is 14.6 Å². The van der Waals surface area contributed by atoms with Crippen LogP contribution in [0.2, 0.25) is 0 Å². The number of allylic oxidation sites excluding steroid dienone is 1. The molecule has 0 radical (unpaired) electrons. The fraction of sp³-hybridized carbons (Fsp3) is 0.571. The fourth-order valence-corrected chi connectivity index (χ4v) is 2.30. The van der Waals surface area contributed by atoms with Crippen molar-refractivity contribution in [3.63, 3.8) is 0 Å². The van der Waals surface area contributed by atoms with Gasteiger partial charge in [0.25, 0.3) is 0 Å². The molecule has 21 heavy (non-hydrogen) atoms. The highest BCUT2D eigenvalue weighted by Crippen LogP contribution is 2.45. The number of hydrogen-bond donors (Lipinski definition) is 1. The summed E-state index contributed by atoms with van der Waals surface area (Å²) in [5.41, 5.74) is -1.93. The molecule has 0 amide bonds. The van der Waals surface area contributed by atoms with Crippen molar-refractivity contribution in [2.24, 2.45) is 17.3 Å². The van der Waals surface area contributed by atoms with Crippen molar-refractivity contribution in [1.82, 2.24) is 0 Å². The molecule has 0 unspecified atom stereocenters. The third-order valence-corrected chi connectivity index (χ3v) is 3.40. The second kappa shape index (κ2) is 6.88. The lowest BCUT2D eigenvalue weighted by molar-refractivity contribution is -0.177. The zero-order valence-corrected chi connectivity index (χ0v) is 11.9. The predicted octanol–water partition coefficient (Wildman–Crippen LogP) is 0.899. The van der Waals surface area contributed by atoms with Gasteiger partial charge in [0.05, 0.1) is 31.6 Å². The molecule has 1 N–H and O–H groups in total. The summed E-state index contributed by atoms with van der Waals surface area (Å²) in [6.07, 6.45) is 2.31. The second-order valence-corrected chi connectivity index (χ2v) is 4.52. The van der Waals surface area contributed by atoms with Gasteiger partial charge >= 0.3 is 17.9 Å². The van der Waals surface area contributed by atoms with Gasteiger partial charge in [0, 0.05) is 5.92 Å². The Hall–Kier alpha value is -2.36. The topological polar surface area (TPSA) is 114 Å². The largest absolute Gasteiger partial charge is 0.481 e. The number of ether oxygens (including phenoxy) is 2. The molecule has 114 valence electrons. The average molecular weight is 295 g/mol. The van der Waals surface area contributed by atoms with Crippen molar-refractivity contribution in [2.75, 3.05) is 13.2 Å². The van der Waals surface area contributed by atoms with Crippen LogP contribution in [0.5, 0.6) is 0 Å². The zero-order valence-electron chi connectivity index (χ0n) is 11.9. The first-order valence-corrected chi connectivity index (χ1v) is 6.58. The highest BCUT2D eigenvalue weighted by atomic mass is 16.6. The Bertz CT molecular complexity index is 486. The maximum atomic E-state index is 12.3. The summed E-state index contributed by atoms with van der Waals surface area (Å²) in [6.45, 7) is 3.15. The van der Waals surface area contributed by atoms with Gasteiger partial charge in [0.2, 0.25) is 0 Å². The van der Waals surface area contributed by atoms with E-state index < -0.39 is 41.6 Å². The lowest BCUT2D eigenvalue weighted by Gasteiger charge is -2.39. The summed E-state index contributed by atoms with van der Waals surface area (Å²) in [6, 6.07) is 1.77. The first kappa shape index (κ1) is 16.7. The Kier molecular flexibility index (Phi) is 5.47. The van der Waals surface area contributed by atoms with E-state index in [0.29, 0.717) is 0 Å². The Morgan fingerprint density at radius 2 is 1.71 bits per heavy atom. The van der Waals surface area contributed by atoms with Gasteiger partial charge in [-0.25, -0.2) is 0 Å². The van der Waals surface area contributed by atoms with Crippen LogP contribution < -0.4 is 0 Å². The van der Waals surface area contributed by atoms with Crippen LogP contribution >= 0.6 is 0 Å². The number of carbonyl (C=O) groups excluding carboxylic acids is 2. The number of carbonyl (C=O) groups is 3. The van der Waals surface area contributed by atoms with Crippen LogP contribution in [-0.4, -0.2) is 36.2 Å². The van der Waals surface area contributed by atoms with Gasteiger partial charge in [-0.05, 0) is 13.8 Å². The lowest BCUT2D eigenvalue weighted by atomic mass is 9.62. The predicted molar refractivity (Wildman–Crippen MR) is 69.7 cm³/mol. The Morgan fingerprint density at radius 1 is 1.19 bits per heavy atom. The van der Waals surface area contributed by atoms with Crippen LogP contribution in [0.4, 0.5) is 0 Å². The average Bonchev–Trinajstić information content (AvgIpc) is 2.36. The van der Waals surface area contributed by atoms with E-state index in [1.807, 2.05) is 0 Å². The molecule has 0 saturated carbocycles. The molecule has 2 atom stereocenters. The third-order valence-electron chi connectivity index (χ3n) is 3.40. The van der Waals surface area contributed by atoms with Gasteiger partial charge in [0.15, 0.2) is 5.41 Å². The van der Waals surface area contributed by atoms with Crippen LogP contribution in [0, 0.1) is 28.6 Å². The molecule has 0 heterocycles. The van der Waals surface area contributed by atoms with Crippen LogP contribution in [0.15, 0.2) is 12.2 Å². The molecule has 0 saturated heterocycles. The molecule has 0 fully saturated rings. The quantitative estimate of drug-likeness (QED) is 0.421. The summed E-state index contributed by atoms with van der Waals surface area (Å²) in [7, 11) is 0. The van der Waals surface area contributed by atoms with Gasteiger partial charge in [-0.15, -0.1) is 0 Å². The maximum absolute atomic E-state index is 12.3. The van der Waals surface area contributed by atoms with Crippen LogP contribution in [-0.2, 0) is 23.9 Å². The van der Waals surface area contributed by atoms with E-state index in [2.05, 4.69) is 0 Å². The van der Waals surface area contributed by atoms with E-state index >= 15 is 0 Å². The minimum absolute atomic E-state index is 0.0135. The molecular formula is C14H17NO6. The summed E-state index contributed by atoms with van der Waals surface area (Å²) >= 11 is 0. The molecule has 0 bridgehead atoms. The number of aliphatic carboxylic acids is 1. The number of rotatable bonds is 7. The highest BCUT2D eigenvalue weighted by Gasteiger charge is 2.59. The minimum atomic E-state index is -1.93. The molecule has 0 spiro atoms. The molecule has 0 aromatic heterocycles. The number of nitriles is 1. The van der Waals surface area contributed by atoms with Crippen molar-refractivity contribution >= 4 is 17.9 Å². The van der Waals surface area contributed by atoms with Crippen LogP contribution in [0.1, 0.15) is 20.3 Å². The van der Waals surface area contributed by atoms with E-state index in [1.54, 1.807) is 19.9 Å². The van der Waals surface area contributed by atoms with Crippen LogP contribution in [0.3, 0.4) is 0 Å². The van der Waals surface area contributed by atoms with Crippen molar-refractivity contribution < 1.29 is 29.0 Å². The maximum Gasteiger partial charge on any atom is 0.325 e. The summed E-state index contributed by atoms with van der Waals surface area (Å²) in [4.78, 5) is 35.7. The Balaban J connectivity index is 3.28. The number of nitrogens with zero attached hydrogens (tertiary/aromatic N) is 1. The summed E-state index contributed by atoms with van der Waals surface area (Å²) in [5, 5.41) is 18.1. The molecule has 0 aromatic carbocycles. The smallest absolute Gasteiger partial charge is 0.325 e. The molecule has 0 aliphatic heterocycles. The van der Waals surface area contributed by atoms with E-state index in [9.17, 15) is 14.4 Å². The standard InChI is InChI=1S/C14H17NO6/c1-3-20-12(18)14(7-8-15,13(19)21-4-2)10-6-5-9(10)11(16)17/h5-6,9-10H,3-4,7H2,1-2H3,(H,16,17)/t9-,10+/m1/s1. The van der Waals surface area contributed by atoms with Gasteiger partial charge in [-0.1, -0.05) is 12.2 Å². The molecule has 7 nitrogen and oxygen atoms in total. The minimum Gasteiger partial charge on any atom is -0.481 e. The monoisotopic (exact) mass is 295 g/mol. The van der Waals surface area contributed by atoms with Gasteiger partial charge in [-0.3, -0.25) is 14.4 Å². The molecule has 1 aliphatic rings. The molecular weight excluding hydrogens is 278 g/mol. The first-order valence-electron chi connectivity index (χ1n) is 6.58. The number of carboxylic acid groups (broad SMARTS) is 1. The van der Waals surface area contributed by atoms with E-state index in [-0.39, 0.29) is 13.2 Å². The molecule has 1 aliphatic carbocycles. The number of esters is 2. The van der Waals surface area contributed by atoms with Crippen molar-refractivity contribution in [3.8, 4) is 6.07 Å². The van der Waals surface area contributed by atoms with Crippen molar-refractivity contribution in [2.45, 2.75) is 20.3 Å². The first-order chi connectivity index (χ1) is 9.95. The van der Waals surface area contributed by atoms with E-state index in [4.69, 9.17) is 19.8 Å². The summed E-state index contributed by atoms with van der Waals surface area (Å²) in [5.74, 6) is -4.99. The van der Waals surface area contributed by atoms with E-state index in [0.717, 1.165) is 0 Å². The van der Waals surface area contributed by atoms with Crippen LogP contribution in [0.25, 0.3) is 0 Å².